The summed E-state index contributed by atoms with van der Waals surface area (Å²) >= 11 is 0. The SMILES string of the molecule is CCC1(C(=O)NCC2CCCC(O)C2)CCCNC1. The maximum atomic E-state index is 12.5. The van der Waals surface area contributed by atoms with Crippen LogP contribution in [0.1, 0.15) is 51.9 Å². The van der Waals surface area contributed by atoms with Gasteiger partial charge in [0.25, 0.3) is 0 Å². The highest BCUT2D eigenvalue weighted by Gasteiger charge is 2.37. The van der Waals surface area contributed by atoms with E-state index in [0.29, 0.717) is 5.92 Å². The van der Waals surface area contributed by atoms with E-state index in [9.17, 15) is 9.90 Å². The fraction of sp³-hybridized carbons (Fsp3) is 0.933. The number of hydrogen-bond acceptors (Lipinski definition) is 3. The van der Waals surface area contributed by atoms with Crippen molar-refractivity contribution < 1.29 is 9.90 Å². The molecule has 0 bridgehead atoms. The lowest BCUT2D eigenvalue weighted by Gasteiger charge is -2.36. The molecular formula is C15H28N2O2. The second-order valence-electron chi connectivity index (χ2n) is 6.31. The maximum Gasteiger partial charge on any atom is 0.227 e. The van der Waals surface area contributed by atoms with Crippen LogP contribution in [0.2, 0.25) is 0 Å². The van der Waals surface area contributed by atoms with Gasteiger partial charge in [0, 0.05) is 13.1 Å². The van der Waals surface area contributed by atoms with Gasteiger partial charge in [0.05, 0.1) is 11.5 Å². The highest BCUT2D eigenvalue weighted by atomic mass is 16.3. The average Bonchev–Trinajstić information content (AvgIpc) is 2.45. The molecule has 4 nitrogen and oxygen atoms in total. The van der Waals surface area contributed by atoms with Gasteiger partial charge in [-0.15, -0.1) is 0 Å². The van der Waals surface area contributed by atoms with E-state index in [1.807, 2.05) is 0 Å². The quantitative estimate of drug-likeness (QED) is 0.723. The molecule has 3 N–H and O–H groups in total. The Labute approximate surface area is 116 Å². The Kier molecular flexibility index (Phi) is 5.22. The third-order valence-electron chi connectivity index (χ3n) is 4.94. The molecule has 2 fully saturated rings. The summed E-state index contributed by atoms with van der Waals surface area (Å²) in [7, 11) is 0. The van der Waals surface area contributed by atoms with Crippen molar-refractivity contribution in [3.8, 4) is 0 Å². The largest absolute Gasteiger partial charge is 0.393 e. The van der Waals surface area contributed by atoms with Crippen molar-refractivity contribution in [2.75, 3.05) is 19.6 Å². The molecule has 3 atom stereocenters. The van der Waals surface area contributed by atoms with Crippen LogP contribution in [0.3, 0.4) is 0 Å². The Balaban J connectivity index is 1.82. The molecule has 2 rings (SSSR count). The number of carbonyl (C=O) groups is 1. The van der Waals surface area contributed by atoms with Crippen molar-refractivity contribution in [1.82, 2.24) is 10.6 Å². The number of carbonyl (C=O) groups excluding carboxylic acids is 1. The zero-order chi connectivity index (χ0) is 13.7. The molecule has 1 saturated heterocycles. The number of rotatable bonds is 4. The van der Waals surface area contributed by atoms with Gasteiger partial charge in [-0.05, 0) is 51.0 Å². The molecule has 0 aromatic carbocycles. The monoisotopic (exact) mass is 268 g/mol. The van der Waals surface area contributed by atoms with Crippen molar-refractivity contribution >= 4 is 5.91 Å². The highest BCUT2D eigenvalue weighted by molar-refractivity contribution is 5.83. The van der Waals surface area contributed by atoms with Crippen LogP contribution in [0.5, 0.6) is 0 Å². The van der Waals surface area contributed by atoms with Gasteiger partial charge in [0.15, 0.2) is 0 Å². The van der Waals surface area contributed by atoms with Gasteiger partial charge < -0.3 is 15.7 Å². The van der Waals surface area contributed by atoms with Crippen LogP contribution in [0.15, 0.2) is 0 Å². The van der Waals surface area contributed by atoms with E-state index < -0.39 is 0 Å². The summed E-state index contributed by atoms with van der Waals surface area (Å²) in [5.74, 6) is 0.667. The number of hydrogen-bond donors (Lipinski definition) is 3. The molecule has 0 radical (unpaired) electrons. The van der Waals surface area contributed by atoms with E-state index in [1.165, 1.54) is 0 Å². The summed E-state index contributed by atoms with van der Waals surface area (Å²) in [4.78, 5) is 12.5. The first-order chi connectivity index (χ1) is 9.16. The number of amides is 1. The standard InChI is InChI=1S/C15H28N2O2/c1-2-15(7-4-8-16-11-15)14(19)17-10-12-5-3-6-13(18)9-12/h12-13,16,18H,2-11H2,1H3,(H,17,19). The molecule has 4 heteroatoms. The van der Waals surface area contributed by atoms with Crippen molar-refractivity contribution in [3.63, 3.8) is 0 Å². The Morgan fingerprint density at radius 3 is 2.89 bits per heavy atom. The molecule has 0 spiro atoms. The lowest BCUT2D eigenvalue weighted by molar-refractivity contribution is -0.132. The summed E-state index contributed by atoms with van der Waals surface area (Å²) in [6, 6.07) is 0. The first kappa shape index (κ1) is 14.8. The minimum Gasteiger partial charge on any atom is -0.393 e. The second-order valence-corrected chi connectivity index (χ2v) is 6.31. The van der Waals surface area contributed by atoms with Crippen LogP contribution in [-0.4, -0.2) is 36.8 Å². The number of aliphatic hydroxyl groups excluding tert-OH is 1. The summed E-state index contributed by atoms with van der Waals surface area (Å²) < 4.78 is 0. The number of aliphatic hydroxyl groups is 1. The second kappa shape index (κ2) is 6.71. The first-order valence-corrected chi connectivity index (χ1v) is 7.83. The fourth-order valence-electron chi connectivity index (χ4n) is 3.50. The Morgan fingerprint density at radius 2 is 2.26 bits per heavy atom. The zero-order valence-electron chi connectivity index (χ0n) is 12.1. The normalized spacial score (nSPS) is 35.9. The maximum absolute atomic E-state index is 12.5. The molecular weight excluding hydrogens is 240 g/mol. The molecule has 0 aromatic heterocycles. The average molecular weight is 268 g/mol. The van der Waals surface area contributed by atoms with E-state index in [0.717, 1.165) is 64.6 Å². The Hall–Kier alpha value is -0.610. The third kappa shape index (κ3) is 3.69. The molecule has 0 aromatic rings. The first-order valence-electron chi connectivity index (χ1n) is 7.83. The van der Waals surface area contributed by atoms with Gasteiger partial charge in [-0.3, -0.25) is 4.79 Å². The Morgan fingerprint density at radius 1 is 1.42 bits per heavy atom. The summed E-state index contributed by atoms with van der Waals surface area (Å²) in [6.45, 7) is 4.68. The molecule has 3 unspecified atom stereocenters. The van der Waals surface area contributed by atoms with Crippen molar-refractivity contribution in [3.05, 3.63) is 0 Å². The molecule has 1 amide bonds. The molecule has 1 heterocycles. The summed E-state index contributed by atoms with van der Waals surface area (Å²) in [5, 5.41) is 16.2. The van der Waals surface area contributed by atoms with E-state index in [4.69, 9.17) is 0 Å². The van der Waals surface area contributed by atoms with Gasteiger partial charge in [-0.25, -0.2) is 0 Å². The van der Waals surface area contributed by atoms with Crippen LogP contribution in [0, 0.1) is 11.3 Å². The van der Waals surface area contributed by atoms with E-state index in [1.54, 1.807) is 0 Å². The molecule has 1 aliphatic heterocycles. The van der Waals surface area contributed by atoms with Crippen LogP contribution < -0.4 is 10.6 Å². The molecule has 2 aliphatic rings. The number of nitrogens with one attached hydrogen (secondary N) is 2. The van der Waals surface area contributed by atoms with E-state index >= 15 is 0 Å². The Bertz CT molecular complexity index is 301. The summed E-state index contributed by atoms with van der Waals surface area (Å²) in [5.41, 5.74) is -0.203. The third-order valence-corrected chi connectivity index (χ3v) is 4.94. The number of piperidine rings is 1. The smallest absolute Gasteiger partial charge is 0.227 e. The van der Waals surface area contributed by atoms with Gasteiger partial charge in [-0.2, -0.15) is 0 Å². The summed E-state index contributed by atoms with van der Waals surface area (Å²) in [6.07, 6.45) is 6.81. The predicted octanol–water partition coefficient (Wildman–Crippen LogP) is 1.43. The molecule has 1 aliphatic carbocycles. The van der Waals surface area contributed by atoms with Gasteiger partial charge in [0.1, 0.15) is 0 Å². The minimum atomic E-state index is -0.203. The fourth-order valence-corrected chi connectivity index (χ4v) is 3.50. The van der Waals surface area contributed by atoms with Crippen LogP contribution >= 0.6 is 0 Å². The minimum absolute atomic E-state index is 0.160. The van der Waals surface area contributed by atoms with Crippen molar-refractivity contribution in [2.45, 2.75) is 58.0 Å². The van der Waals surface area contributed by atoms with Crippen LogP contribution in [0.25, 0.3) is 0 Å². The van der Waals surface area contributed by atoms with Gasteiger partial charge in [0.2, 0.25) is 5.91 Å². The van der Waals surface area contributed by atoms with E-state index in [-0.39, 0.29) is 17.4 Å². The highest BCUT2D eigenvalue weighted by Crippen LogP contribution is 2.30. The van der Waals surface area contributed by atoms with Crippen molar-refractivity contribution in [1.29, 1.82) is 0 Å². The lowest BCUT2D eigenvalue weighted by Crippen LogP contribution is -2.51. The topological polar surface area (TPSA) is 61.4 Å². The lowest BCUT2D eigenvalue weighted by atomic mass is 9.77. The van der Waals surface area contributed by atoms with Gasteiger partial charge >= 0.3 is 0 Å². The van der Waals surface area contributed by atoms with Crippen molar-refractivity contribution in [2.24, 2.45) is 11.3 Å². The molecule has 1 saturated carbocycles. The van der Waals surface area contributed by atoms with Crippen LogP contribution in [0.4, 0.5) is 0 Å². The van der Waals surface area contributed by atoms with E-state index in [2.05, 4.69) is 17.6 Å². The van der Waals surface area contributed by atoms with Crippen LogP contribution in [-0.2, 0) is 4.79 Å². The molecule has 110 valence electrons. The predicted molar refractivity (Wildman–Crippen MR) is 75.8 cm³/mol. The van der Waals surface area contributed by atoms with Gasteiger partial charge in [-0.1, -0.05) is 13.3 Å². The zero-order valence-corrected chi connectivity index (χ0v) is 12.1. The molecule has 19 heavy (non-hydrogen) atoms.